The van der Waals surface area contributed by atoms with Crippen LogP contribution in [0.2, 0.25) is 0 Å². The number of anilines is 1. The number of rotatable bonds is 4. The highest BCUT2D eigenvalue weighted by molar-refractivity contribution is 7.13. The van der Waals surface area contributed by atoms with Crippen LogP contribution in [0.4, 0.5) is 10.7 Å². The first-order chi connectivity index (χ1) is 11.1. The number of thiophene rings is 1. The molecule has 0 saturated heterocycles. The Bertz CT molecular complexity index is 746. The van der Waals surface area contributed by atoms with Crippen LogP contribution < -0.4 is 15.0 Å². The van der Waals surface area contributed by atoms with Gasteiger partial charge < -0.3 is 15.0 Å². The molecular formula is C15H15N3O4S. The maximum absolute atomic E-state index is 11.9. The van der Waals surface area contributed by atoms with Crippen LogP contribution in [-0.4, -0.2) is 30.5 Å². The summed E-state index contributed by atoms with van der Waals surface area (Å²) in [5.74, 6) is 0.442. The van der Waals surface area contributed by atoms with Crippen molar-refractivity contribution in [3.05, 3.63) is 51.4 Å². The van der Waals surface area contributed by atoms with Crippen LogP contribution in [0.15, 0.2) is 35.7 Å². The lowest BCUT2D eigenvalue weighted by atomic mass is 10.1. The first-order valence-corrected chi connectivity index (χ1v) is 7.90. The molecule has 1 N–H and O–H groups in total. The van der Waals surface area contributed by atoms with Gasteiger partial charge in [-0.1, -0.05) is 23.5 Å². The molecule has 1 aromatic carbocycles. The second-order valence-corrected chi connectivity index (χ2v) is 6.01. The minimum atomic E-state index is -0.608. The average molecular weight is 333 g/mol. The number of carbonyl (C=O) groups is 1. The standard InChI is InChI=1S/C15H15N3O4S/c1-16-15(19)13-8-17(11-4-2-3-5-12(11)22-13)7-10-6-14(18(20)21)23-9-10/h2-6,9,13H,7-8H2,1H3,(H,16,19). The van der Waals surface area contributed by atoms with Crippen molar-refractivity contribution in [2.75, 3.05) is 18.5 Å². The predicted molar refractivity (Wildman–Crippen MR) is 86.9 cm³/mol. The summed E-state index contributed by atoms with van der Waals surface area (Å²) in [7, 11) is 1.57. The van der Waals surface area contributed by atoms with Crippen LogP contribution >= 0.6 is 11.3 Å². The van der Waals surface area contributed by atoms with Crippen LogP contribution in [0.5, 0.6) is 5.75 Å². The molecule has 2 aromatic rings. The molecule has 0 radical (unpaired) electrons. The van der Waals surface area contributed by atoms with Gasteiger partial charge in [-0.15, -0.1) is 0 Å². The summed E-state index contributed by atoms with van der Waals surface area (Å²) < 4.78 is 5.74. The van der Waals surface area contributed by atoms with Gasteiger partial charge in [0.2, 0.25) is 0 Å². The summed E-state index contributed by atoms with van der Waals surface area (Å²) in [6.07, 6.45) is -0.608. The molecule has 1 aliphatic rings. The molecule has 3 rings (SSSR count). The van der Waals surface area contributed by atoms with Crippen molar-refractivity contribution in [3.63, 3.8) is 0 Å². The van der Waals surface area contributed by atoms with Gasteiger partial charge in [-0.25, -0.2) is 0 Å². The third-order valence-electron chi connectivity index (χ3n) is 3.59. The van der Waals surface area contributed by atoms with Gasteiger partial charge >= 0.3 is 5.00 Å². The van der Waals surface area contributed by atoms with Gasteiger partial charge in [0.25, 0.3) is 5.91 Å². The molecule has 7 nitrogen and oxygen atoms in total. The van der Waals surface area contributed by atoms with Crippen LogP contribution in [0.1, 0.15) is 5.56 Å². The number of hydrogen-bond donors (Lipinski definition) is 1. The lowest BCUT2D eigenvalue weighted by Gasteiger charge is -2.35. The zero-order valence-corrected chi connectivity index (χ0v) is 13.2. The normalized spacial score (nSPS) is 16.4. The quantitative estimate of drug-likeness (QED) is 0.685. The van der Waals surface area contributed by atoms with Gasteiger partial charge in [0, 0.05) is 25.0 Å². The molecular weight excluding hydrogens is 318 g/mol. The number of carbonyl (C=O) groups excluding carboxylic acids is 1. The van der Waals surface area contributed by atoms with E-state index in [-0.39, 0.29) is 10.9 Å². The Morgan fingerprint density at radius 3 is 3.00 bits per heavy atom. The van der Waals surface area contributed by atoms with Crippen molar-refractivity contribution in [3.8, 4) is 5.75 Å². The summed E-state index contributed by atoms with van der Waals surface area (Å²) in [6, 6.07) is 9.03. The van der Waals surface area contributed by atoms with Gasteiger partial charge in [0.15, 0.2) is 6.10 Å². The maximum atomic E-state index is 11.9. The average Bonchev–Trinajstić information content (AvgIpc) is 3.03. The second kappa shape index (κ2) is 6.25. The van der Waals surface area contributed by atoms with Gasteiger partial charge in [-0.3, -0.25) is 14.9 Å². The zero-order valence-electron chi connectivity index (χ0n) is 12.4. The zero-order chi connectivity index (χ0) is 16.4. The fourth-order valence-corrected chi connectivity index (χ4v) is 3.24. The highest BCUT2D eigenvalue weighted by Gasteiger charge is 2.30. The number of nitrogens with zero attached hydrogens (tertiary/aromatic N) is 2. The first-order valence-electron chi connectivity index (χ1n) is 7.02. The topological polar surface area (TPSA) is 84.7 Å². The van der Waals surface area contributed by atoms with Crippen molar-refractivity contribution in [2.45, 2.75) is 12.6 Å². The SMILES string of the molecule is CNC(=O)C1CN(Cc2csc([N+](=O)[O-])c2)c2ccccc2O1. The smallest absolute Gasteiger partial charge is 0.324 e. The van der Waals surface area contributed by atoms with Gasteiger partial charge in [0.1, 0.15) is 5.75 Å². The third kappa shape index (κ3) is 3.11. The van der Waals surface area contributed by atoms with Gasteiger partial charge in [-0.05, 0) is 17.7 Å². The molecule has 0 fully saturated rings. The van der Waals surface area contributed by atoms with Crippen molar-refractivity contribution in [1.82, 2.24) is 5.32 Å². The Morgan fingerprint density at radius 2 is 2.30 bits per heavy atom. The minimum Gasteiger partial charge on any atom is -0.477 e. The Balaban J connectivity index is 1.86. The molecule has 1 aliphatic heterocycles. The van der Waals surface area contributed by atoms with Crippen molar-refractivity contribution in [2.24, 2.45) is 0 Å². The van der Waals surface area contributed by atoms with Crippen molar-refractivity contribution >= 4 is 27.9 Å². The van der Waals surface area contributed by atoms with E-state index in [9.17, 15) is 14.9 Å². The highest BCUT2D eigenvalue weighted by atomic mass is 32.1. The fourth-order valence-electron chi connectivity index (χ4n) is 2.52. The van der Waals surface area contributed by atoms with E-state index in [0.717, 1.165) is 22.6 Å². The van der Waals surface area contributed by atoms with E-state index < -0.39 is 11.0 Å². The summed E-state index contributed by atoms with van der Waals surface area (Å²) >= 11 is 1.10. The summed E-state index contributed by atoms with van der Waals surface area (Å²) in [4.78, 5) is 24.3. The molecule has 1 unspecified atom stereocenters. The number of ether oxygens (including phenoxy) is 1. The molecule has 0 bridgehead atoms. The second-order valence-electron chi connectivity index (χ2n) is 5.12. The van der Waals surface area contributed by atoms with Crippen molar-refractivity contribution in [1.29, 1.82) is 0 Å². The largest absolute Gasteiger partial charge is 0.477 e. The van der Waals surface area contributed by atoms with E-state index in [2.05, 4.69) is 5.32 Å². The predicted octanol–water partition coefficient (Wildman–Crippen LogP) is 2.17. The number of benzene rings is 1. The van der Waals surface area contributed by atoms with Gasteiger partial charge in [0.05, 0.1) is 17.2 Å². The summed E-state index contributed by atoms with van der Waals surface area (Å²) in [5, 5.41) is 15.3. The Hall–Kier alpha value is -2.61. The van der Waals surface area contributed by atoms with Crippen LogP contribution in [0.3, 0.4) is 0 Å². The van der Waals surface area contributed by atoms with E-state index in [4.69, 9.17) is 4.74 Å². The number of amides is 1. The highest BCUT2D eigenvalue weighted by Crippen LogP contribution is 2.35. The third-order valence-corrected chi connectivity index (χ3v) is 4.52. The minimum absolute atomic E-state index is 0.115. The summed E-state index contributed by atoms with van der Waals surface area (Å²) in [6.45, 7) is 0.874. The molecule has 8 heteroatoms. The monoisotopic (exact) mass is 333 g/mol. The van der Waals surface area contributed by atoms with E-state index in [1.807, 2.05) is 29.2 Å². The number of fused-ring (bicyclic) bond motifs is 1. The Labute approximate surface area is 136 Å². The Kier molecular flexibility index (Phi) is 4.16. The number of para-hydroxylation sites is 2. The van der Waals surface area contributed by atoms with Crippen LogP contribution in [0.25, 0.3) is 0 Å². The number of hydrogen-bond acceptors (Lipinski definition) is 6. The molecule has 0 aliphatic carbocycles. The van der Waals surface area contributed by atoms with Crippen LogP contribution in [-0.2, 0) is 11.3 Å². The lowest BCUT2D eigenvalue weighted by Crippen LogP contribution is -2.47. The molecule has 23 heavy (non-hydrogen) atoms. The number of likely N-dealkylation sites (N-methyl/N-ethyl adjacent to an activating group) is 1. The molecule has 2 heterocycles. The van der Waals surface area contributed by atoms with Crippen LogP contribution in [0, 0.1) is 10.1 Å². The fraction of sp³-hybridized carbons (Fsp3) is 0.267. The molecule has 1 aromatic heterocycles. The first kappa shape index (κ1) is 15.3. The molecule has 0 saturated carbocycles. The van der Waals surface area contributed by atoms with E-state index in [1.54, 1.807) is 18.5 Å². The summed E-state index contributed by atoms with van der Waals surface area (Å²) in [5.41, 5.74) is 1.72. The number of nitrogens with one attached hydrogen (secondary N) is 1. The maximum Gasteiger partial charge on any atom is 0.324 e. The number of nitro groups is 1. The molecule has 120 valence electrons. The molecule has 1 atom stereocenters. The van der Waals surface area contributed by atoms with Gasteiger partial charge in [-0.2, -0.15) is 0 Å². The van der Waals surface area contributed by atoms with E-state index >= 15 is 0 Å². The van der Waals surface area contributed by atoms with Crippen molar-refractivity contribution < 1.29 is 14.5 Å². The molecule has 0 spiro atoms. The lowest BCUT2D eigenvalue weighted by molar-refractivity contribution is -0.380. The Morgan fingerprint density at radius 1 is 1.52 bits per heavy atom. The van der Waals surface area contributed by atoms with E-state index in [0.29, 0.717) is 18.8 Å². The van der Waals surface area contributed by atoms with E-state index in [1.165, 1.54) is 0 Å². The molecule has 1 amide bonds.